The van der Waals surface area contributed by atoms with E-state index in [9.17, 15) is 4.39 Å². The molecule has 0 heterocycles. The van der Waals surface area contributed by atoms with Gasteiger partial charge in [0.25, 0.3) is 0 Å². The molecule has 0 bridgehead atoms. The molecule has 132 valence electrons. The normalized spacial score (nSPS) is 10.4. The minimum Gasteiger partial charge on any atom is -0.489 e. The van der Waals surface area contributed by atoms with Crippen LogP contribution in [0.4, 0.5) is 4.39 Å². The Hall–Kier alpha value is -2.43. The largest absolute Gasteiger partial charge is 0.489 e. The third-order valence-electron chi connectivity index (χ3n) is 3.86. The van der Waals surface area contributed by atoms with Crippen molar-refractivity contribution in [1.82, 2.24) is 5.32 Å². The second-order valence-corrected chi connectivity index (χ2v) is 6.50. The summed E-state index contributed by atoms with van der Waals surface area (Å²) in [5.41, 5.74) is 2.40. The van der Waals surface area contributed by atoms with Crippen LogP contribution in [0.3, 0.4) is 0 Å². The van der Waals surface area contributed by atoms with E-state index >= 15 is 0 Å². The molecule has 5 heteroatoms. The summed E-state index contributed by atoms with van der Waals surface area (Å²) in [5, 5.41) is 3.59. The maximum absolute atomic E-state index is 13.8. The number of thiocarbonyl (C=S) groups is 1. The molecular formula is C21H17ClFNOS. The first-order chi connectivity index (χ1) is 12.6. The number of halogens is 2. The summed E-state index contributed by atoms with van der Waals surface area (Å²) in [6.45, 7) is 0.741. The van der Waals surface area contributed by atoms with Gasteiger partial charge in [-0.05, 0) is 42.0 Å². The van der Waals surface area contributed by atoms with Crippen LogP contribution in [0.25, 0.3) is 0 Å². The van der Waals surface area contributed by atoms with Crippen LogP contribution in [0.15, 0.2) is 72.8 Å². The number of hydrogen-bond acceptors (Lipinski definition) is 2. The number of hydrogen-bond donors (Lipinski definition) is 1. The first-order valence-electron chi connectivity index (χ1n) is 8.11. The Morgan fingerprint density at radius 3 is 2.38 bits per heavy atom. The molecule has 0 saturated carbocycles. The molecule has 1 N–H and O–H groups in total. The Balaban J connectivity index is 1.57. The lowest BCUT2D eigenvalue weighted by molar-refractivity contribution is 0.300. The summed E-state index contributed by atoms with van der Waals surface area (Å²) in [4.78, 5) is 0.664. The summed E-state index contributed by atoms with van der Waals surface area (Å²) in [7, 11) is 0. The van der Waals surface area contributed by atoms with Gasteiger partial charge >= 0.3 is 0 Å². The standard InChI is InChI=1S/C21H17ClFNOS/c22-19-7-4-8-20(23)18(19)14-25-17-11-9-16(10-12-17)21(26)24-13-15-5-2-1-3-6-15/h1-12H,13-14H2,(H,24,26). The molecule has 3 aromatic rings. The summed E-state index contributed by atoms with van der Waals surface area (Å²) >= 11 is 11.4. The smallest absolute Gasteiger partial charge is 0.131 e. The van der Waals surface area contributed by atoms with Crippen LogP contribution in [-0.4, -0.2) is 4.99 Å². The Morgan fingerprint density at radius 2 is 1.69 bits per heavy atom. The fourth-order valence-electron chi connectivity index (χ4n) is 2.41. The van der Waals surface area contributed by atoms with Crippen molar-refractivity contribution in [2.75, 3.05) is 0 Å². The van der Waals surface area contributed by atoms with Crippen molar-refractivity contribution in [3.05, 3.63) is 100 Å². The van der Waals surface area contributed by atoms with E-state index in [0.29, 0.717) is 27.9 Å². The first-order valence-corrected chi connectivity index (χ1v) is 8.90. The lowest BCUT2D eigenvalue weighted by atomic mass is 10.2. The first kappa shape index (κ1) is 18.4. The van der Waals surface area contributed by atoms with Gasteiger partial charge in [-0.25, -0.2) is 4.39 Å². The van der Waals surface area contributed by atoms with Gasteiger partial charge in [0.15, 0.2) is 0 Å². The van der Waals surface area contributed by atoms with Crippen molar-refractivity contribution in [2.45, 2.75) is 13.2 Å². The zero-order valence-corrected chi connectivity index (χ0v) is 15.5. The highest BCUT2D eigenvalue weighted by molar-refractivity contribution is 7.80. The summed E-state index contributed by atoms with van der Waals surface area (Å²) in [6, 6.07) is 22.0. The van der Waals surface area contributed by atoms with Crippen LogP contribution >= 0.6 is 23.8 Å². The molecule has 0 aliphatic carbocycles. The number of nitrogens with one attached hydrogen (secondary N) is 1. The number of ether oxygens (including phenoxy) is 1. The third kappa shape index (κ3) is 4.81. The quantitative estimate of drug-likeness (QED) is 0.564. The van der Waals surface area contributed by atoms with Gasteiger partial charge in [-0.3, -0.25) is 0 Å². The maximum Gasteiger partial charge on any atom is 0.131 e. The van der Waals surface area contributed by atoms with Crippen molar-refractivity contribution < 1.29 is 9.13 Å². The highest BCUT2D eigenvalue weighted by Gasteiger charge is 2.08. The van der Waals surface area contributed by atoms with E-state index in [2.05, 4.69) is 5.32 Å². The number of benzene rings is 3. The van der Waals surface area contributed by atoms with E-state index in [1.165, 1.54) is 6.07 Å². The Morgan fingerprint density at radius 1 is 0.962 bits per heavy atom. The highest BCUT2D eigenvalue weighted by Crippen LogP contribution is 2.21. The molecule has 26 heavy (non-hydrogen) atoms. The molecule has 3 rings (SSSR count). The van der Waals surface area contributed by atoms with Crippen LogP contribution in [0.1, 0.15) is 16.7 Å². The molecule has 0 saturated heterocycles. The Labute approximate surface area is 162 Å². The summed E-state index contributed by atoms with van der Waals surface area (Å²) in [6.07, 6.45) is 0. The van der Waals surface area contributed by atoms with Gasteiger partial charge in [-0.15, -0.1) is 0 Å². The van der Waals surface area contributed by atoms with Crippen LogP contribution in [0.5, 0.6) is 5.75 Å². The summed E-state index contributed by atoms with van der Waals surface area (Å²) in [5.74, 6) is 0.249. The fourth-order valence-corrected chi connectivity index (χ4v) is 2.83. The predicted octanol–water partition coefficient (Wildman–Crippen LogP) is 5.52. The van der Waals surface area contributed by atoms with Gasteiger partial charge in [0, 0.05) is 17.7 Å². The van der Waals surface area contributed by atoms with Crippen LogP contribution in [0, 0.1) is 5.82 Å². The van der Waals surface area contributed by atoms with Crippen molar-refractivity contribution in [3.8, 4) is 5.75 Å². The van der Waals surface area contributed by atoms with Crippen LogP contribution in [0.2, 0.25) is 5.02 Å². The van der Waals surface area contributed by atoms with Gasteiger partial charge in [0.1, 0.15) is 23.2 Å². The zero-order chi connectivity index (χ0) is 18.4. The molecule has 0 radical (unpaired) electrons. The monoisotopic (exact) mass is 385 g/mol. The predicted molar refractivity (Wildman–Crippen MR) is 107 cm³/mol. The lowest BCUT2D eigenvalue weighted by Gasteiger charge is -2.11. The minimum absolute atomic E-state index is 0.0710. The van der Waals surface area contributed by atoms with Gasteiger partial charge in [-0.2, -0.15) is 0 Å². The molecule has 0 aromatic heterocycles. The van der Waals surface area contributed by atoms with Crippen molar-refractivity contribution in [3.63, 3.8) is 0 Å². The SMILES string of the molecule is Fc1cccc(Cl)c1COc1ccc(C(=S)NCc2ccccc2)cc1. The zero-order valence-electron chi connectivity index (χ0n) is 13.9. The van der Waals surface area contributed by atoms with E-state index in [0.717, 1.165) is 11.1 Å². The van der Waals surface area contributed by atoms with Crippen molar-refractivity contribution >= 4 is 28.8 Å². The van der Waals surface area contributed by atoms with Gasteiger partial charge in [0.2, 0.25) is 0 Å². The van der Waals surface area contributed by atoms with E-state index in [-0.39, 0.29) is 12.4 Å². The summed E-state index contributed by atoms with van der Waals surface area (Å²) < 4.78 is 19.4. The minimum atomic E-state index is -0.375. The molecule has 0 unspecified atom stereocenters. The van der Waals surface area contributed by atoms with Crippen LogP contribution in [-0.2, 0) is 13.2 Å². The van der Waals surface area contributed by atoms with Gasteiger partial charge in [-0.1, -0.05) is 60.2 Å². The molecule has 0 aliphatic rings. The van der Waals surface area contributed by atoms with Crippen molar-refractivity contribution in [1.29, 1.82) is 0 Å². The average molecular weight is 386 g/mol. The molecule has 2 nitrogen and oxygen atoms in total. The third-order valence-corrected chi connectivity index (χ3v) is 4.59. The second kappa shape index (κ2) is 8.79. The molecule has 0 amide bonds. The van der Waals surface area contributed by atoms with Gasteiger partial charge in [0.05, 0.1) is 5.02 Å². The van der Waals surface area contributed by atoms with Gasteiger partial charge < -0.3 is 10.1 Å². The Kier molecular flexibility index (Phi) is 6.21. The van der Waals surface area contributed by atoms with Crippen LogP contribution < -0.4 is 10.1 Å². The van der Waals surface area contributed by atoms with E-state index in [4.69, 9.17) is 28.6 Å². The molecule has 0 aliphatic heterocycles. The molecular weight excluding hydrogens is 369 g/mol. The fraction of sp³-hybridized carbons (Fsp3) is 0.0952. The second-order valence-electron chi connectivity index (χ2n) is 5.68. The molecule has 0 atom stereocenters. The Bertz CT molecular complexity index is 864. The van der Waals surface area contributed by atoms with E-state index in [1.807, 2.05) is 42.5 Å². The highest BCUT2D eigenvalue weighted by atomic mass is 35.5. The molecule has 3 aromatic carbocycles. The lowest BCUT2D eigenvalue weighted by Crippen LogP contribution is -2.21. The molecule has 0 fully saturated rings. The van der Waals surface area contributed by atoms with E-state index < -0.39 is 0 Å². The number of rotatable bonds is 6. The van der Waals surface area contributed by atoms with Crippen molar-refractivity contribution in [2.24, 2.45) is 0 Å². The molecule has 0 spiro atoms. The average Bonchev–Trinajstić information content (AvgIpc) is 2.67. The maximum atomic E-state index is 13.8. The van der Waals surface area contributed by atoms with E-state index in [1.54, 1.807) is 24.3 Å². The topological polar surface area (TPSA) is 21.3 Å².